The number of aromatic nitrogens is 3. The van der Waals surface area contributed by atoms with Crippen LogP contribution in [0.5, 0.6) is 0 Å². The van der Waals surface area contributed by atoms with Crippen LogP contribution in [0.1, 0.15) is 50.4 Å². The van der Waals surface area contributed by atoms with E-state index in [1.54, 1.807) is 24.1 Å². The van der Waals surface area contributed by atoms with Gasteiger partial charge in [-0.25, -0.2) is 9.38 Å². The van der Waals surface area contributed by atoms with Gasteiger partial charge < -0.3 is 20.8 Å². The molecule has 0 bridgehead atoms. The Labute approximate surface area is 235 Å². The largest absolute Gasteiger partial charge is 0.421 e. The summed E-state index contributed by atoms with van der Waals surface area (Å²) in [5, 5.41) is 8.05. The highest BCUT2D eigenvalue weighted by atomic mass is 35.5. The standard InChI is InChI=1S/C28H30ClFN8O2/c1-14-6-7-17(18(29)10-14)23-21(25(32)39)15(2)37(12-16-11-33-38(13-16)28(3,4)5)26(35-23)36-27-34-20-9-8-19(30)22(31)24(20)40-27/h6-11,13,23H,12,31H2,1-5H3,(H2,32,39)(H,34,35,36). The number of rotatable bonds is 5. The van der Waals surface area contributed by atoms with Gasteiger partial charge in [-0.05, 0) is 58.4 Å². The van der Waals surface area contributed by atoms with E-state index in [4.69, 9.17) is 32.5 Å². The molecule has 10 nitrogen and oxygen atoms in total. The second-order valence-electron chi connectivity index (χ2n) is 10.7. The van der Waals surface area contributed by atoms with Crippen LogP contribution in [0.25, 0.3) is 11.1 Å². The van der Waals surface area contributed by atoms with Crippen molar-refractivity contribution in [1.29, 1.82) is 0 Å². The summed E-state index contributed by atoms with van der Waals surface area (Å²) >= 11 is 6.62. The number of anilines is 2. The molecule has 0 spiro atoms. The summed E-state index contributed by atoms with van der Waals surface area (Å²) in [6.45, 7) is 10.2. The Morgan fingerprint density at radius 2 is 1.98 bits per heavy atom. The van der Waals surface area contributed by atoms with E-state index in [0.717, 1.165) is 11.1 Å². The predicted octanol–water partition coefficient (Wildman–Crippen LogP) is 5.25. The number of nitrogens with two attached hydrogens (primary N) is 2. The van der Waals surface area contributed by atoms with Crippen LogP contribution in [0.2, 0.25) is 5.02 Å². The number of primary amides is 1. The first-order chi connectivity index (χ1) is 18.8. The molecule has 5 rings (SSSR count). The lowest BCUT2D eigenvalue weighted by molar-refractivity contribution is -0.115. The SMILES string of the molecule is CC1=C(C(N)=O)C(c2ccc(C)cc2Cl)N=C(Nc2nc3ccc(F)c(N)c3o2)N1Cc1cnn(C(C)(C)C)c1. The van der Waals surface area contributed by atoms with Gasteiger partial charge in [0.2, 0.25) is 11.9 Å². The summed E-state index contributed by atoms with van der Waals surface area (Å²) in [5.74, 6) is -0.915. The molecular formula is C28H30ClFN8O2. The Morgan fingerprint density at radius 3 is 2.62 bits per heavy atom. The number of hydrogen-bond donors (Lipinski definition) is 3. The molecule has 0 aliphatic carbocycles. The van der Waals surface area contributed by atoms with Crippen molar-refractivity contribution in [2.45, 2.75) is 52.7 Å². The number of carbonyl (C=O) groups is 1. The van der Waals surface area contributed by atoms with Crippen LogP contribution in [-0.4, -0.2) is 31.5 Å². The molecule has 1 atom stereocenters. The fraction of sp³-hybridized carbons (Fsp3) is 0.286. The van der Waals surface area contributed by atoms with E-state index < -0.39 is 17.8 Å². The number of aryl methyl sites for hydroxylation is 1. The Morgan fingerprint density at radius 1 is 1.23 bits per heavy atom. The molecule has 1 unspecified atom stereocenters. The monoisotopic (exact) mass is 564 g/mol. The number of nitrogen functional groups attached to an aromatic ring is 1. The van der Waals surface area contributed by atoms with Crippen molar-refractivity contribution in [3.63, 3.8) is 0 Å². The Kier molecular flexibility index (Phi) is 6.79. The van der Waals surface area contributed by atoms with E-state index in [1.165, 1.54) is 12.1 Å². The van der Waals surface area contributed by atoms with Crippen LogP contribution in [0, 0.1) is 12.7 Å². The molecule has 0 saturated carbocycles. The average Bonchev–Trinajstić information content (AvgIpc) is 3.51. The maximum Gasteiger partial charge on any atom is 0.302 e. The molecule has 1 amide bonds. The second kappa shape index (κ2) is 9.98. The van der Waals surface area contributed by atoms with Gasteiger partial charge in [-0.15, -0.1) is 0 Å². The molecule has 2 aromatic carbocycles. The van der Waals surface area contributed by atoms with Crippen molar-refractivity contribution >= 4 is 46.3 Å². The fourth-order valence-electron chi connectivity index (χ4n) is 4.57. The number of nitrogens with zero attached hydrogens (tertiary/aromatic N) is 5. The first-order valence-corrected chi connectivity index (χ1v) is 13.0. The summed E-state index contributed by atoms with van der Waals surface area (Å²) in [4.78, 5) is 23.9. The lowest BCUT2D eigenvalue weighted by Gasteiger charge is -2.34. The number of guanidine groups is 1. The lowest BCUT2D eigenvalue weighted by Crippen LogP contribution is -2.41. The topological polar surface area (TPSA) is 141 Å². The highest BCUT2D eigenvalue weighted by molar-refractivity contribution is 6.31. The van der Waals surface area contributed by atoms with E-state index in [9.17, 15) is 9.18 Å². The highest BCUT2D eigenvalue weighted by Crippen LogP contribution is 2.38. The number of aliphatic imine (C=N–C) groups is 1. The zero-order valence-electron chi connectivity index (χ0n) is 22.8. The Bertz CT molecular complexity index is 1700. The first-order valence-electron chi connectivity index (χ1n) is 12.6. The van der Waals surface area contributed by atoms with E-state index in [-0.39, 0.29) is 22.8 Å². The minimum atomic E-state index is -0.798. The van der Waals surface area contributed by atoms with E-state index in [1.807, 2.05) is 50.7 Å². The minimum absolute atomic E-state index is 0.0468. The molecular weight excluding hydrogens is 535 g/mol. The Balaban J connectivity index is 1.62. The third-order valence-electron chi connectivity index (χ3n) is 6.72. The van der Waals surface area contributed by atoms with Gasteiger partial charge in [0.05, 0.1) is 23.9 Å². The number of nitrogens with one attached hydrogen (secondary N) is 1. The maximum absolute atomic E-state index is 14.0. The quantitative estimate of drug-likeness (QED) is 0.281. The molecule has 1 aliphatic heterocycles. The smallest absolute Gasteiger partial charge is 0.302 e. The van der Waals surface area contributed by atoms with Gasteiger partial charge in [-0.3, -0.25) is 14.8 Å². The van der Waals surface area contributed by atoms with Crippen molar-refractivity contribution in [1.82, 2.24) is 19.7 Å². The van der Waals surface area contributed by atoms with E-state index >= 15 is 0 Å². The molecule has 2 aromatic heterocycles. The van der Waals surface area contributed by atoms with Crippen molar-refractivity contribution < 1.29 is 13.6 Å². The molecule has 208 valence electrons. The van der Waals surface area contributed by atoms with Crippen molar-refractivity contribution in [2.75, 3.05) is 11.1 Å². The molecule has 0 radical (unpaired) electrons. The number of hydrogen-bond acceptors (Lipinski definition) is 8. The highest BCUT2D eigenvalue weighted by Gasteiger charge is 2.34. The normalized spacial score (nSPS) is 16.0. The summed E-state index contributed by atoms with van der Waals surface area (Å²) in [6.07, 6.45) is 3.69. The van der Waals surface area contributed by atoms with Crippen LogP contribution >= 0.6 is 11.6 Å². The molecule has 1 aliphatic rings. The van der Waals surface area contributed by atoms with Gasteiger partial charge in [0.15, 0.2) is 5.58 Å². The van der Waals surface area contributed by atoms with Gasteiger partial charge >= 0.3 is 6.01 Å². The molecule has 0 saturated heterocycles. The minimum Gasteiger partial charge on any atom is -0.421 e. The Hall–Kier alpha value is -4.38. The number of carbonyl (C=O) groups excluding carboxylic acids is 1. The van der Waals surface area contributed by atoms with Crippen molar-refractivity contribution in [3.8, 4) is 0 Å². The summed E-state index contributed by atoms with van der Waals surface area (Å²) < 4.78 is 21.7. The van der Waals surface area contributed by atoms with E-state index in [2.05, 4.69) is 15.4 Å². The number of halogens is 2. The zero-order valence-corrected chi connectivity index (χ0v) is 23.5. The maximum atomic E-state index is 14.0. The molecule has 0 fully saturated rings. The number of amides is 1. The molecule has 4 aromatic rings. The third kappa shape index (κ3) is 5.00. The number of oxazole rings is 1. The second-order valence-corrected chi connectivity index (χ2v) is 11.2. The van der Waals surface area contributed by atoms with Gasteiger partial charge in [-0.2, -0.15) is 10.1 Å². The summed E-state index contributed by atoms with van der Waals surface area (Å²) in [5.41, 5.74) is 15.2. The van der Waals surface area contributed by atoms with Crippen LogP contribution in [0.15, 0.2) is 63.4 Å². The van der Waals surface area contributed by atoms with Gasteiger partial charge in [0, 0.05) is 28.0 Å². The fourth-order valence-corrected chi connectivity index (χ4v) is 4.91. The lowest BCUT2D eigenvalue weighted by atomic mass is 9.94. The van der Waals surface area contributed by atoms with Crippen molar-refractivity contribution in [3.05, 3.63) is 81.5 Å². The molecule has 5 N–H and O–H groups in total. The number of allylic oxidation sites excluding steroid dienone is 1. The van der Waals surface area contributed by atoms with Crippen LogP contribution in [0.3, 0.4) is 0 Å². The first kappa shape index (κ1) is 27.2. The van der Waals surface area contributed by atoms with Crippen LogP contribution in [0.4, 0.5) is 16.1 Å². The van der Waals surface area contributed by atoms with Crippen LogP contribution < -0.4 is 16.8 Å². The summed E-state index contributed by atoms with van der Waals surface area (Å²) in [7, 11) is 0. The van der Waals surface area contributed by atoms with Crippen molar-refractivity contribution in [2.24, 2.45) is 10.7 Å². The average molecular weight is 565 g/mol. The number of benzene rings is 2. The predicted molar refractivity (Wildman–Crippen MR) is 153 cm³/mol. The van der Waals surface area contributed by atoms with Crippen LogP contribution in [-0.2, 0) is 16.9 Å². The van der Waals surface area contributed by atoms with E-state index in [0.29, 0.717) is 39.9 Å². The number of fused-ring (bicyclic) bond motifs is 1. The zero-order chi connectivity index (χ0) is 28.9. The van der Waals surface area contributed by atoms with Gasteiger partial charge in [0.1, 0.15) is 23.1 Å². The van der Waals surface area contributed by atoms with Gasteiger partial charge in [-0.1, -0.05) is 23.7 Å². The summed E-state index contributed by atoms with van der Waals surface area (Å²) in [6, 6.07) is 7.47. The van der Waals surface area contributed by atoms with Gasteiger partial charge in [0.25, 0.3) is 0 Å². The molecule has 3 heterocycles. The molecule has 40 heavy (non-hydrogen) atoms. The third-order valence-corrected chi connectivity index (χ3v) is 7.04. The molecule has 12 heteroatoms.